The van der Waals surface area contributed by atoms with E-state index in [-0.39, 0.29) is 16.2 Å². The summed E-state index contributed by atoms with van der Waals surface area (Å²) in [6.07, 6.45) is -2.54. The van der Waals surface area contributed by atoms with E-state index in [0.29, 0.717) is 0 Å². The van der Waals surface area contributed by atoms with Gasteiger partial charge < -0.3 is 9.47 Å². The maximum Gasteiger partial charge on any atom is 0.297 e. The standard InChI is InChI=1S/C20H24O8S2/c1-14-4-8-16(9-5-14)29(21,22)26-13-19-18(12-20(25-3)27-19)28-30(23,24)17-10-6-15(2)7-11-17/h4-11,18-20H,12-13H2,1-3H3/t18-,19-,20-/m1/s1. The van der Waals surface area contributed by atoms with Crippen LogP contribution in [-0.4, -0.2) is 49.1 Å². The van der Waals surface area contributed by atoms with Crippen LogP contribution < -0.4 is 0 Å². The van der Waals surface area contributed by atoms with Gasteiger partial charge in [0, 0.05) is 13.5 Å². The second-order valence-electron chi connectivity index (χ2n) is 7.03. The average molecular weight is 457 g/mol. The summed E-state index contributed by atoms with van der Waals surface area (Å²) in [6, 6.07) is 12.4. The molecule has 1 aliphatic heterocycles. The third-order valence-corrected chi connectivity index (χ3v) is 7.33. The Morgan fingerprint density at radius 1 is 0.867 bits per heavy atom. The van der Waals surface area contributed by atoms with Crippen molar-refractivity contribution in [2.75, 3.05) is 13.7 Å². The minimum atomic E-state index is -4.08. The van der Waals surface area contributed by atoms with Crippen LogP contribution in [0.3, 0.4) is 0 Å². The number of ether oxygens (including phenoxy) is 2. The van der Waals surface area contributed by atoms with Crippen LogP contribution in [0.2, 0.25) is 0 Å². The predicted octanol–water partition coefficient (Wildman–Crippen LogP) is 2.54. The Morgan fingerprint density at radius 3 is 1.87 bits per heavy atom. The van der Waals surface area contributed by atoms with Crippen LogP contribution in [0.15, 0.2) is 58.3 Å². The Labute approximate surface area is 177 Å². The lowest BCUT2D eigenvalue weighted by Crippen LogP contribution is -2.32. The van der Waals surface area contributed by atoms with Crippen LogP contribution in [0.25, 0.3) is 0 Å². The van der Waals surface area contributed by atoms with Crippen LogP contribution in [0.4, 0.5) is 0 Å². The summed E-state index contributed by atoms with van der Waals surface area (Å²) in [7, 11) is -6.71. The Morgan fingerprint density at radius 2 is 1.37 bits per heavy atom. The maximum atomic E-state index is 12.6. The molecule has 0 amide bonds. The van der Waals surface area contributed by atoms with E-state index < -0.39 is 45.3 Å². The fourth-order valence-corrected chi connectivity index (χ4v) is 4.96. The Hall–Kier alpha value is -1.82. The molecule has 1 saturated heterocycles. The van der Waals surface area contributed by atoms with Crippen LogP contribution in [0.5, 0.6) is 0 Å². The van der Waals surface area contributed by atoms with Gasteiger partial charge in [-0.2, -0.15) is 16.8 Å². The van der Waals surface area contributed by atoms with E-state index >= 15 is 0 Å². The highest BCUT2D eigenvalue weighted by molar-refractivity contribution is 7.87. The van der Waals surface area contributed by atoms with Gasteiger partial charge in [-0.1, -0.05) is 35.4 Å². The molecule has 0 N–H and O–H groups in total. The normalized spacial score (nSPS) is 22.3. The predicted molar refractivity (Wildman–Crippen MR) is 108 cm³/mol. The highest BCUT2D eigenvalue weighted by atomic mass is 32.2. The lowest BCUT2D eigenvalue weighted by atomic mass is 10.2. The molecule has 0 bridgehead atoms. The molecule has 164 valence electrons. The van der Waals surface area contributed by atoms with E-state index in [0.717, 1.165) is 11.1 Å². The van der Waals surface area contributed by atoms with Crippen molar-refractivity contribution in [3.05, 3.63) is 59.7 Å². The zero-order valence-electron chi connectivity index (χ0n) is 16.8. The molecule has 0 aliphatic carbocycles. The van der Waals surface area contributed by atoms with Crippen LogP contribution in [-0.2, 0) is 38.1 Å². The number of rotatable bonds is 8. The topological polar surface area (TPSA) is 105 Å². The van der Waals surface area contributed by atoms with Crippen molar-refractivity contribution in [1.82, 2.24) is 0 Å². The van der Waals surface area contributed by atoms with Crippen molar-refractivity contribution in [3.63, 3.8) is 0 Å². The van der Waals surface area contributed by atoms with Gasteiger partial charge in [0.2, 0.25) is 0 Å². The number of benzene rings is 2. The van der Waals surface area contributed by atoms with Gasteiger partial charge in [-0.25, -0.2) is 0 Å². The average Bonchev–Trinajstić information content (AvgIpc) is 3.08. The van der Waals surface area contributed by atoms with E-state index in [9.17, 15) is 16.8 Å². The second kappa shape index (κ2) is 9.13. The molecule has 2 aromatic rings. The first-order valence-electron chi connectivity index (χ1n) is 9.25. The Kier molecular flexibility index (Phi) is 6.95. The van der Waals surface area contributed by atoms with Gasteiger partial charge in [0.25, 0.3) is 20.2 Å². The lowest BCUT2D eigenvalue weighted by molar-refractivity contribution is -0.123. The molecule has 30 heavy (non-hydrogen) atoms. The van der Waals surface area contributed by atoms with Crippen LogP contribution >= 0.6 is 0 Å². The summed E-state index contributed by atoms with van der Waals surface area (Å²) in [4.78, 5) is 0.0000425. The molecule has 0 aromatic heterocycles. The van der Waals surface area contributed by atoms with Gasteiger partial charge in [-0.15, -0.1) is 0 Å². The molecule has 0 spiro atoms. The van der Waals surface area contributed by atoms with Crippen molar-refractivity contribution >= 4 is 20.2 Å². The number of methoxy groups -OCH3 is 1. The summed E-state index contributed by atoms with van der Waals surface area (Å²) in [6.45, 7) is 3.27. The highest BCUT2D eigenvalue weighted by Crippen LogP contribution is 2.28. The molecule has 8 nitrogen and oxygen atoms in total. The van der Waals surface area contributed by atoms with Gasteiger partial charge in [-0.3, -0.25) is 8.37 Å². The van der Waals surface area contributed by atoms with Gasteiger partial charge in [-0.05, 0) is 38.1 Å². The summed E-state index contributed by atoms with van der Waals surface area (Å²) in [5, 5.41) is 0. The fourth-order valence-electron chi connectivity index (χ4n) is 2.93. The molecular weight excluding hydrogens is 432 g/mol. The summed E-state index contributed by atoms with van der Waals surface area (Å²) in [5.41, 5.74) is 1.82. The van der Waals surface area contributed by atoms with E-state index in [1.165, 1.54) is 31.4 Å². The monoisotopic (exact) mass is 456 g/mol. The second-order valence-corrected chi connectivity index (χ2v) is 10.2. The zero-order chi connectivity index (χ0) is 21.9. The molecule has 1 aliphatic rings. The molecule has 1 heterocycles. The molecule has 0 radical (unpaired) electrons. The maximum absolute atomic E-state index is 12.6. The molecule has 0 unspecified atom stereocenters. The Bertz CT molecular complexity index is 1060. The number of hydrogen-bond donors (Lipinski definition) is 0. The largest absolute Gasteiger partial charge is 0.356 e. The smallest absolute Gasteiger partial charge is 0.297 e. The van der Waals surface area contributed by atoms with E-state index in [1.807, 2.05) is 13.8 Å². The number of hydrogen-bond acceptors (Lipinski definition) is 8. The molecule has 2 aromatic carbocycles. The molecule has 1 fully saturated rings. The van der Waals surface area contributed by atoms with Crippen molar-refractivity contribution in [2.24, 2.45) is 0 Å². The first-order valence-corrected chi connectivity index (χ1v) is 12.1. The van der Waals surface area contributed by atoms with Gasteiger partial charge in [0.15, 0.2) is 6.29 Å². The fraction of sp³-hybridized carbons (Fsp3) is 0.400. The minimum Gasteiger partial charge on any atom is -0.356 e. The minimum absolute atomic E-state index is 0.000802. The summed E-state index contributed by atoms with van der Waals surface area (Å²) in [5.74, 6) is 0. The molecule has 3 atom stereocenters. The lowest BCUT2D eigenvalue weighted by Gasteiger charge is -2.18. The van der Waals surface area contributed by atoms with E-state index in [2.05, 4.69) is 0 Å². The molecule has 3 rings (SSSR count). The molecule has 0 saturated carbocycles. The van der Waals surface area contributed by atoms with Crippen molar-refractivity contribution in [1.29, 1.82) is 0 Å². The SMILES string of the molecule is CO[C@H]1C[C@@H](OS(=O)(=O)c2ccc(C)cc2)[C@@H](COS(=O)(=O)c2ccc(C)cc2)O1. The molecule has 10 heteroatoms. The van der Waals surface area contributed by atoms with Crippen molar-refractivity contribution in [3.8, 4) is 0 Å². The first kappa shape index (κ1) is 22.9. The third kappa shape index (κ3) is 5.45. The van der Waals surface area contributed by atoms with Crippen molar-refractivity contribution in [2.45, 2.75) is 48.6 Å². The van der Waals surface area contributed by atoms with Gasteiger partial charge >= 0.3 is 0 Å². The summed E-state index contributed by atoms with van der Waals surface area (Å²) >= 11 is 0. The molecular formula is C20H24O8S2. The van der Waals surface area contributed by atoms with Crippen LogP contribution in [0, 0.1) is 13.8 Å². The first-order chi connectivity index (χ1) is 14.1. The Balaban J connectivity index is 1.72. The highest BCUT2D eigenvalue weighted by Gasteiger charge is 2.40. The van der Waals surface area contributed by atoms with Gasteiger partial charge in [0.05, 0.1) is 16.4 Å². The van der Waals surface area contributed by atoms with E-state index in [4.69, 9.17) is 17.8 Å². The van der Waals surface area contributed by atoms with Crippen molar-refractivity contribution < 1.29 is 34.7 Å². The zero-order valence-corrected chi connectivity index (χ0v) is 18.5. The number of aryl methyl sites for hydroxylation is 2. The van der Waals surface area contributed by atoms with Crippen LogP contribution in [0.1, 0.15) is 17.5 Å². The van der Waals surface area contributed by atoms with E-state index in [1.54, 1.807) is 24.3 Å². The third-order valence-electron chi connectivity index (χ3n) is 4.69. The van der Waals surface area contributed by atoms with Gasteiger partial charge in [0.1, 0.15) is 12.2 Å². The quantitative estimate of drug-likeness (QED) is 0.558. The summed E-state index contributed by atoms with van der Waals surface area (Å²) < 4.78 is 71.3.